The normalized spacial score (nSPS) is 30.7. The Morgan fingerprint density at radius 1 is 0.451 bits per heavy atom. The van der Waals surface area contributed by atoms with Crippen LogP contribution < -0.4 is 21.3 Å². The maximum absolute atomic E-state index is 12.4. The largest absolute Gasteiger partial charge is 0.376 e. The lowest BCUT2D eigenvalue weighted by Gasteiger charge is -2.30. The Bertz CT molecular complexity index is 1610. The van der Waals surface area contributed by atoms with Gasteiger partial charge in [0.25, 0.3) is 0 Å². The zero-order valence-corrected chi connectivity index (χ0v) is 46.6. The lowest BCUT2D eigenvalue weighted by Crippen LogP contribution is -2.47. The highest BCUT2D eigenvalue weighted by Gasteiger charge is 2.33. The molecule has 8 fully saturated rings. The number of nitrogens with one attached hydrogen (secondary N) is 4. The van der Waals surface area contributed by atoms with Gasteiger partial charge in [-0.15, -0.1) is 0 Å². The van der Waals surface area contributed by atoms with E-state index in [0.29, 0.717) is 29.4 Å². The van der Waals surface area contributed by atoms with Crippen LogP contribution in [0.5, 0.6) is 0 Å². The van der Waals surface area contributed by atoms with Gasteiger partial charge in [0.2, 0.25) is 23.6 Å². The van der Waals surface area contributed by atoms with Gasteiger partial charge in [-0.2, -0.15) is 11.8 Å². The lowest BCUT2D eigenvalue weighted by molar-refractivity contribution is -0.135. The van der Waals surface area contributed by atoms with Gasteiger partial charge in [-0.05, 0) is 181 Å². The summed E-state index contributed by atoms with van der Waals surface area (Å²) in [6, 6.07) is 0.0492. The molecule has 8 rings (SSSR count). The first-order valence-electron chi connectivity index (χ1n) is 28.7. The highest BCUT2D eigenvalue weighted by atomic mass is 32.2. The average molecular weight is 1040 g/mol. The number of ether oxygens (including phenoxy) is 1. The van der Waals surface area contributed by atoms with E-state index >= 15 is 0 Å². The van der Waals surface area contributed by atoms with Gasteiger partial charge >= 0.3 is 0 Å². The van der Waals surface area contributed by atoms with Crippen LogP contribution in [-0.2, 0) is 33.8 Å². The van der Waals surface area contributed by atoms with E-state index in [4.69, 9.17) is 4.74 Å². The molecule has 0 radical (unpaired) electrons. The van der Waals surface area contributed by atoms with Gasteiger partial charge in [-0.25, -0.2) is 8.42 Å². The minimum absolute atomic E-state index is 0.0149. The van der Waals surface area contributed by atoms with Crippen LogP contribution in [0.2, 0.25) is 0 Å². The summed E-state index contributed by atoms with van der Waals surface area (Å²) in [6.45, 7) is 7.86. The number of hydrogen-bond acceptors (Lipinski definition) is 12. The molecule has 17 heteroatoms. The predicted molar refractivity (Wildman–Crippen MR) is 289 cm³/mol. The minimum atomic E-state index is -2.88. The molecule has 7 atom stereocenters. The van der Waals surface area contributed by atoms with Gasteiger partial charge in [0.15, 0.2) is 9.84 Å². The first-order chi connectivity index (χ1) is 34.4. The SMILES string of the molecule is CNC1CCCCN(CC2CCCCC2)C1=O.CNC1CCCCN(CC2CCCCCS2)C1=O.CNC1CCCCN(CC2CCCCO2)C1=O.CNC1CCCCN(CC2CCCS(=O)(=O)C2)C1=O. The Balaban J connectivity index is 0.000000176. The van der Waals surface area contributed by atoms with Crippen molar-refractivity contribution in [3.8, 4) is 0 Å². The fourth-order valence-corrected chi connectivity index (χ4v) is 15.1. The molecule has 4 amide bonds. The second-order valence-electron chi connectivity index (χ2n) is 21.9. The Hall–Kier alpha value is -2.02. The predicted octanol–water partition coefficient (Wildman–Crippen LogP) is 6.00. The Morgan fingerprint density at radius 3 is 1.32 bits per heavy atom. The molecule has 0 spiro atoms. The van der Waals surface area contributed by atoms with E-state index in [-0.39, 0.29) is 53.8 Å². The van der Waals surface area contributed by atoms with Crippen molar-refractivity contribution in [2.24, 2.45) is 11.8 Å². The van der Waals surface area contributed by atoms with Gasteiger partial charge in [0.05, 0.1) is 41.8 Å². The minimum Gasteiger partial charge on any atom is -0.376 e. The van der Waals surface area contributed by atoms with Crippen LogP contribution in [-0.4, -0.2) is 192 Å². The number of rotatable bonds is 12. The quantitative estimate of drug-likeness (QED) is 0.180. The molecule has 4 N–H and O–H groups in total. The van der Waals surface area contributed by atoms with Crippen molar-refractivity contribution in [1.29, 1.82) is 0 Å². The van der Waals surface area contributed by atoms with Crippen LogP contribution in [0.1, 0.15) is 167 Å². The molecule has 0 aromatic carbocycles. The van der Waals surface area contributed by atoms with E-state index in [1.54, 1.807) is 0 Å². The summed E-state index contributed by atoms with van der Waals surface area (Å²) in [5.74, 6) is 3.82. The van der Waals surface area contributed by atoms with Crippen LogP contribution in [0, 0.1) is 11.8 Å². The maximum Gasteiger partial charge on any atom is 0.239 e. The van der Waals surface area contributed by atoms with Gasteiger partial charge in [0, 0.05) is 64.2 Å². The van der Waals surface area contributed by atoms with Crippen molar-refractivity contribution in [1.82, 2.24) is 40.9 Å². The molecular formula is C54H100N8O7S2. The molecule has 7 unspecified atom stereocenters. The van der Waals surface area contributed by atoms with Crippen LogP contribution >= 0.6 is 11.8 Å². The number of hydrogen-bond donors (Lipinski definition) is 4. The average Bonchev–Trinajstić information content (AvgIpc) is 3.94. The summed E-state index contributed by atoms with van der Waals surface area (Å²) in [7, 11) is 4.63. The molecule has 1 aliphatic carbocycles. The Kier molecular flexibility index (Phi) is 27.9. The molecule has 7 heterocycles. The topological polar surface area (TPSA) is 173 Å². The molecule has 71 heavy (non-hydrogen) atoms. The van der Waals surface area contributed by atoms with E-state index in [1.165, 1.54) is 102 Å². The van der Waals surface area contributed by atoms with Crippen LogP contribution in [0.3, 0.4) is 0 Å². The third-order valence-corrected chi connectivity index (χ3v) is 19.7. The summed E-state index contributed by atoms with van der Waals surface area (Å²) in [4.78, 5) is 57.4. The van der Waals surface area contributed by atoms with Gasteiger partial charge < -0.3 is 45.6 Å². The first-order valence-corrected chi connectivity index (χ1v) is 31.6. The fourth-order valence-electron chi connectivity index (χ4n) is 12.0. The summed E-state index contributed by atoms with van der Waals surface area (Å²) in [5.41, 5.74) is 0. The van der Waals surface area contributed by atoms with Crippen LogP contribution in [0.4, 0.5) is 0 Å². The molecule has 15 nitrogen and oxygen atoms in total. The molecule has 0 aromatic heterocycles. The first kappa shape index (κ1) is 59.9. The second-order valence-corrected chi connectivity index (χ2v) is 25.6. The zero-order valence-electron chi connectivity index (χ0n) is 45.0. The van der Waals surface area contributed by atoms with Gasteiger partial charge in [-0.1, -0.05) is 32.1 Å². The third-order valence-electron chi connectivity index (χ3n) is 16.4. The summed E-state index contributed by atoms with van der Waals surface area (Å²) in [6.07, 6.45) is 30.5. The lowest BCUT2D eigenvalue weighted by atomic mass is 9.89. The standard InChI is InChI=1S/C14H26N2OS.C14H26N2O.C13H24N2O3S.C13H24N2O2/c1-15-13-8-4-5-9-16(14(13)17)11-12-7-3-2-6-10-18-12;1-15-13-9-5-6-10-16(14(13)17)11-12-7-3-2-4-8-12;1-14-12-6-2-3-7-15(13(12)16)9-11-5-4-8-19(17,18)10-11;1-14-12-7-2-4-8-15(13(12)16)10-11-6-3-5-9-17-11/h12-13,15H,2-11H2,1H3;12-13,15H,2-11H2,1H3;11-12,14H,2-10H2,1H3;11-12,14H,2-10H2,1H3. The summed E-state index contributed by atoms with van der Waals surface area (Å²) >= 11 is 2.08. The third kappa shape index (κ3) is 20.9. The van der Waals surface area contributed by atoms with Crippen molar-refractivity contribution in [2.45, 2.75) is 202 Å². The van der Waals surface area contributed by atoms with Crippen molar-refractivity contribution < 1.29 is 32.3 Å². The summed E-state index contributed by atoms with van der Waals surface area (Å²) < 4.78 is 29.0. The number of thioether (sulfide) groups is 1. The molecule has 410 valence electrons. The second kappa shape index (κ2) is 33.1. The van der Waals surface area contributed by atoms with Crippen molar-refractivity contribution in [3.05, 3.63) is 0 Å². The zero-order chi connectivity index (χ0) is 50.9. The van der Waals surface area contributed by atoms with Crippen molar-refractivity contribution in [2.75, 3.05) is 104 Å². The van der Waals surface area contributed by atoms with E-state index in [0.717, 1.165) is 129 Å². The molecule has 1 saturated carbocycles. The van der Waals surface area contributed by atoms with E-state index in [1.807, 2.05) is 38.0 Å². The molecule has 8 aliphatic rings. The number of carbonyl (C=O) groups is 4. The Morgan fingerprint density at radius 2 is 0.859 bits per heavy atom. The fraction of sp³-hybridized carbons (Fsp3) is 0.926. The van der Waals surface area contributed by atoms with Crippen LogP contribution in [0.25, 0.3) is 0 Å². The number of sulfone groups is 1. The summed E-state index contributed by atoms with van der Waals surface area (Å²) in [5, 5.41) is 13.2. The van der Waals surface area contributed by atoms with Gasteiger partial charge in [0.1, 0.15) is 0 Å². The van der Waals surface area contributed by atoms with Crippen molar-refractivity contribution in [3.63, 3.8) is 0 Å². The molecule has 7 aliphatic heterocycles. The van der Waals surface area contributed by atoms with E-state index < -0.39 is 9.84 Å². The highest BCUT2D eigenvalue weighted by Crippen LogP contribution is 2.28. The van der Waals surface area contributed by atoms with Crippen LogP contribution in [0.15, 0.2) is 0 Å². The van der Waals surface area contributed by atoms with E-state index in [2.05, 4.69) is 42.8 Å². The highest BCUT2D eigenvalue weighted by molar-refractivity contribution is 7.99. The monoisotopic (exact) mass is 1040 g/mol. The number of carbonyl (C=O) groups excluding carboxylic acids is 4. The maximum atomic E-state index is 12.4. The Labute approximate surface area is 435 Å². The molecule has 0 bridgehead atoms. The molecule has 0 aromatic rings. The van der Waals surface area contributed by atoms with Crippen molar-refractivity contribution >= 4 is 45.2 Å². The number of likely N-dealkylation sites (tertiary alicyclic amines) is 4. The number of nitrogens with zero attached hydrogens (tertiary/aromatic N) is 4. The smallest absolute Gasteiger partial charge is 0.239 e. The van der Waals surface area contributed by atoms with E-state index in [9.17, 15) is 27.6 Å². The molecular weight excluding hydrogens is 937 g/mol. The number of amides is 4. The number of likely N-dealkylation sites (N-methyl/N-ethyl adjacent to an activating group) is 4. The van der Waals surface area contributed by atoms with Gasteiger partial charge in [-0.3, -0.25) is 19.2 Å². The molecule has 7 saturated heterocycles.